The maximum Gasteiger partial charge on any atom is 3.00 e. The second-order valence-electron chi connectivity index (χ2n) is 8.72. The Hall–Kier alpha value is -3.80. The van der Waals surface area contributed by atoms with Crippen molar-refractivity contribution in [3.8, 4) is 17.1 Å². The number of aryl methyl sites for hydroxylation is 3. The van der Waals surface area contributed by atoms with Gasteiger partial charge in [-0.15, -0.1) is 41.6 Å². The van der Waals surface area contributed by atoms with Crippen molar-refractivity contribution in [3.05, 3.63) is 121 Å². The zero-order valence-corrected chi connectivity index (χ0v) is 23.6. The smallest absolute Gasteiger partial charge is 0.501 e. The molecular formula is C30H27IrN6. The Balaban J connectivity index is 0.000000172. The molecule has 186 valence electrons. The van der Waals surface area contributed by atoms with E-state index in [-0.39, 0.29) is 20.1 Å². The largest absolute Gasteiger partial charge is 3.00 e. The van der Waals surface area contributed by atoms with Crippen molar-refractivity contribution in [1.82, 2.24) is 19.5 Å². The van der Waals surface area contributed by atoms with E-state index in [0.29, 0.717) is 0 Å². The Morgan fingerprint density at radius 1 is 0.892 bits per heavy atom. The van der Waals surface area contributed by atoms with Crippen molar-refractivity contribution in [1.29, 1.82) is 0 Å². The van der Waals surface area contributed by atoms with Gasteiger partial charge >= 0.3 is 20.1 Å². The first-order chi connectivity index (χ1) is 17.5. The number of benzene rings is 3. The molecule has 0 saturated heterocycles. The third kappa shape index (κ3) is 5.48. The fraction of sp³-hybridized carbons (Fsp3) is 0.133. The summed E-state index contributed by atoms with van der Waals surface area (Å²) in [5.41, 5.74) is 8.01. The van der Waals surface area contributed by atoms with Gasteiger partial charge in [0.05, 0.1) is 17.7 Å². The van der Waals surface area contributed by atoms with Gasteiger partial charge in [-0.2, -0.15) is 37.0 Å². The Bertz CT molecular complexity index is 1440. The average Bonchev–Trinajstić information content (AvgIpc) is 3.50. The summed E-state index contributed by atoms with van der Waals surface area (Å²) in [5, 5.41) is 0. The molecule has 6 rings (SSSR count). The summed E-state index contributed by atoms with van der Waals surface area (Å²) in [6, 6.07) is 26.6. The van der Waals surface area contributed by atoms with E-state index >= 15 is 0 Å². The van der Waals surface area contributed by atoms with E-state index in [1.165, 1.54) is 22.4 Å². The molecule has 1 aliphatic rings. The number of aromatic nitrogens is 4. The molecule has 6 nitrogen and oxygen atoms in total. The number of nitrogens with zero attached hydrogens (tertiary/aromatic N) is 6. The molecule has 5 aromatic rings. The van der Waals surface area contributed by atoms with Crippen LogP contribution >= 0.6 is 0 Å². The normalized spacial score (nSPS) is 11.9. The number of rotatable bonds is 3. The SMILES string of the molecule is CN1[CH-]N(c2[c-]cccc2)c2ncncc21.Cc1cc(C)c(-n2ccnc2-c2[c-]cccc2)c(C)c1.[Ir+3]. The van der Waals surface area contributed by atoms with Crippen molar-refractivity contribution >= 4 is 17.2 Å². The number of fused-ring (bicyclic) bond motifs is 1. The van der Waals surface area contributed by atoms with Gasteiger partial charge in [0, 0.05) is 18.1 Å². The summed E-state index contributed by atoms with van der Waals surface area (Å²) in [5.74, 6) is 1.82. The van der Waals surface area contributed by atoms with Crippen molar-refractivity contribution in [2.75, 3.05) is 16.8 Å². The molecular weight excluding hydrogens is 637 g/mol. The van der Waals surface area contributed by atoms with Gasteiger partial charge < -0.3 is 14.4 Å². The minimum atomic E-state index is 0. The van der Waals surface area contributed by atoms with Gasteiger partial charge in [0.15, 0.2) is 0 Å². The molecule has 0 radical (unpaired) electrons. The summed E-state index contributed by atoms with van der Waals surface area (Å²) in [6.45, 7) is 8.40. The molecule has 3 heterocycles. The third-order valence-corrected chi connectivity index (χ3v) is 5.99. The summed E-state index contributed by atoms with van der Waals surface area (Å²) in [6.07, 6.45) is 7.22. The quantitative estimate of drug-likeness (QED) is 0.214. The van der Waals surface area contributed by atoms with Gasteiger partial charge in [-0.1, -0.05) is 17.7 Å². The molecule has 0 fully saturated rings. The zero-order chi connectivity index (χ0) is 25.1. The van der Waals surface area contributed by atoms with Crippen LogP contribution in [-0.2, 0) is 20.1 Å². The van der Waals surface area contributed by atoms with Crippen LogP contribution in [0.1, 0.15) is 16.7 Å². The van der Waals surface area contributed by atoms with Crippen molar-refractivity contribution in [3.63, 3.8) is 0 Å². The molecule has 3 aromatic carbocycles. The van der Waals surface area contributed by atoms with E-state index in [9.17, 15) is 0 Å². The van der Waals surface area contributed by atoms with E-state index in [1.807, 2.05) is 90.6 Å². The van der Waals surface area contributed by atoms with Crippen LogP contribution in [0.2, 0.25) is 0 Å². The molecule has 0 saturated carbocycles. The van der Waals surface area contributed by atoms with E-state index in [4.69, 9.17) is 0 Å². The van der Waals surface area contributed by atoms with Crippen LogP contribution in [0.15, 0.2) is 85.6 Å². The summed E-state index contributed by atoms with van der Waals surface area (Å²) < 4.78 is 2.15. The Morgan fingerprint density at radius 2 is 1.62 bits per heavy atom. The number of imidazole rings is 1. The molecule has 0 unspecified atom stereocenters. The van der Waals surface area contributed by atoms with Crippen LogP contribution in [0.3, 0.4) is 0 Å². The van der Waals surface area contributed by atoms with Gasteiger partial charge in [-0.05, 0) is 38.9 Å². The minimum absolute atomic E-state index is 0. The van der Waals surface area contributed by atoms with Crippen LogP contribution in [0.4, 0.5) is 17.2 Å². The van der Waals surface area contributed by atoms with Crippen LogP contribution in [0.5, 0.6) is 0 Å². The fourth-order valence-electron chi connectivity index (χ4n) is 4.52. The first-order valence-corrected chi connectivity index (χ1v) is 11.8. The topological polar surface area (TPSA) is 50.1 Å². The van der Waals surface area contributed by atoms with Gasteiger partial charge in [0.2, 0.25) is 0 Å². The van der Waals surface area contributed by atoms with Crippen LogP contribution < -0.4 is 9.80 Å². The van der Waals surface area contributed by atoms with Crippen molar-refractivity contribution < 1.29 is 20.1 Å². The van der Waals surface area contributed by atoms with E-state index in [0.717, 1.165) is 28.6 Å². The molecule has 0 amide bonds. The van der Waals surface area contributed by atoms with Gasteiger partial charge in [0.25, 0.3) is 0 Å². The molecule has 0 atom stereocenters. The van der Waals surface area contributed by atoms with E-state index < -0.39 is 0 Å². The predicted octanol–water partition coefficient (Wildman–Crippen LogP) is 6.25. The summed E-state index contributed by atoms with van der Waals surface area (Å²) in [7, 11) is 1.98. The maximum absolute atomic E-state index is 4.50. The number of anilines is 3. The van der Waals surface area contributed by atoms with Gasteiger partial charge in [-0.3, -0.25) is 4.98 Å². The van der Waals surface area contributed by atoms with Crippen LogP contribution in [-0.4, -0.2) is 26.6 Å². The van der Waals surface area contributed by atoms with Crippen molar-refractivity contribution in [2.24, 2.45) is 0 Å². The molecule has 0 N–H and O–H groups in total. The first kappa shape index (κ1) is 26.3. The third-order valence-electron chi connectivity index (χ3n) is 5.99. The second-order valence-corrected chi connectivity index (χ2v) is 8.72. The van der Waals surface area contributed by atoms with Gasteiger partial charge in [-0.25, -0.2) is 9.97 Å². The number of hydrogen-bond donors (Lipinski definition) is 0. The maximum atomic E-state index is 4.50. The van der Waals surface area contributed by atoms with Crippen LogP contribution in [0, 0.1) is 39.6 Å². The molecule has 0 aliphatic carbocycles. The van der Waals surface area contributed by atoms with Gasteiger partial charge in [0.1, 0.15) is 12.1 Å². The number of para-hydroxylation sites is 1. The molecule has 0 spiro atoms. The van der Waals surface area contributed by atoms with Crippen molar-refractivity contribution in [2.45, 2.75) is 20.8 Å². The summed E-state index contributed by atoms with van der Waals surface area (Å²) >= 11 is 0. The Labute approximate surface area is 232 Å². The second kappa shape index (κ2) is 11.5. The van der Waals surface area contributed by atoms with E-state index in [1.54, 1.807) is 6.33 Å². The monoisotopic (exact) mass is 664 g/mol. The standard InChI is InChI=1S/C18H17N2.C12H10N4.Ir/c1-13-11-14(2)17(15(3)12-13)20-10-9-19-18(20)16-7-5-4-6-8-16;1-15-9-16(10-5-3-2-4-6-10)12-11(15)7-13-8-14-12;/h4-7,9-12H,1-3H3;2-5,7-9H,1H3;/q-1;-2;+3. The molecule has 37 heavy (non-hydrogen) atoms. The molecule has 7 heteroatoms. The average molecular weight is 664 g/mol. The summed E-state index contributed by atoms with van der Waals surface area (Å²) in [4.78, 5) is 16.8. The molecule has 0 bridgehead atoms. The van der Waals surface area contributed by atoms with E-state index in [2.05, 4.69) is 64.6 Å². The Morgan fingerprint density at radius 3 is 2.30 bits per heavy atom. The molecule has 2 aromatic heterocycles. The minimum Gasteiger partial charge on any atom is -0.501 e. The Kier molecular flexibility index (Phi) is 8.17. The zero-order valence-electron chi connectivity index (χ0n) is 21.2. The number of hydrogen-bond acceptors (Lipinski definition) is 5. The fourth-order valence-corrected chi connectivity index (χ4v) is 4.52. The predicted molar refractivity (Wildman–Crippen MR) is 144 cm³/mol. The van der Waals surface area contributed by atoms with Crippen LogP contribution in [0.25, 0.3) is 17.1 Å². The first-order valence-electron chi connectivity index (χ1n) is 11.8. The molecule has 1 aliphatic heterocycles.